The topological polar surface area (TPSA) is 79.3 Å². The molecule has 1 amide bonds. The molecule has 1 aromatic heterocycles. The molecule has 3 aromatic rings. The number of benzene rings is 2. The Morgan fingerprint density at radius 3 is 2.10 bits per heavy atom. The zero-order valence-corrected chi connectivity index (χ0v) is 16.4. The van der Waals surface area contributed by atoms with Gasteiger partial charge in [0.1, 0.15) is 0 Å². The minimum atomic E-state index is -0.941. The van der Waals surface area contributed by atoms with Gasteiger partial charge in [-0.15, -0.1) is 0 Å². The predicted octanol–water partition coefficient (Wildman–Crippen LogP) is 5.08. The predicted molar refractivity (Wildman–Crippen MR) is 115 cm³/mol. The number of carboxylic acid groups (broad SMARTS) is 1. The van der Waals surface area contributed by atoms with Crippen molar-refractivity contribution in [2.45, 2.75) is 12.8 Å². The Balaban J connectivity index is 1.66. The van der Waals surface area contributed by atoms with Crippen LogP contribution in [0.15, 0.2) is 72.8 Å². The molecule has 1 aliphatic rings. The molecule has 1 heterocycles. The molecule has 1 aliphatic carbocycles. The molecule has 6 heteroatoms. The highest BCUT2D eigenvalue weighted by molar-refractivity contribution is 7.19. The minimum absolute atomic E-state index is 0.297. The Bertz CT molecular complexity index is 987. The van der Waals surface area contributed by atoms with Crippen molar-refractivity contribution in [2.24, 2.45) is 11.8 Å². The Morgan fingerprint density at radius 2 is 1.48 bits per heavy atom. The quantitative estimate of drug-likeness (QED) is 0.581. The van der Waals surface area contributed by atoms with E-state index in [2.05, 4.69) is 10.3 Å². The maximum Gasteiger partial charge on any atom is 0.307 e. The molecule has 146 valence electrons. The summed E-state index contributed by atoms with van der Waals surface area (Å²) in [5.41, 5.74) is 2.79. The van der Waals surface area contributed by atoms with Crippen molar-refractivity contribution in [3.8, 4) is 21.7 Å². The van der Waals surface area contributed by atoms with Crippen molar-refractivity contribution in [3.63, 3.8) is 0 Å². The first kappa shape index (κ1) is 19.1. The fourth-order valence-electron chi connectivity index (χ4n) is 3.53. The molecular weight excluding hydrogens is 384 g/mol. The normalized spacial score (nSPS) is 18.3. The van der Waals surface area contributed by atoms with Gasteiger partial charge in [-0.3, -0.25) is 9.59 Å². The number of carboxylic acids is 1. The average molecular weight is 404 g/mol. The van der Waals surface area contributed by atoms with E-state index in [9.17, 15) is 14.7 Å². The van der Waals surface area contributed by atoms with Gasteiger partial charge < -0.3 is 10.4 Å². The van der Waals surface area contributed by atoms with Crippen LogP contribution in [0.2, 0.25) is 0 Å². The Kier molecular flexibility index (Phi) is 5.53. The van der Waals surface area contributed by atoms with Crippen molar-refractivity contribution < 1.29 is 14.7 Å². The molecule has 0 saturated heterocycles. The van der Waals surface area contributed by atoms with Crippen molar-refractivity contribution in [1.82, 2.24) is 4.98 Å². The summed E-state index contributed by atoms with van der Waals surface area (Å²) in [5, 5.41) is 12.8. The number of hydrogen-bond donors (Lipinski definition) is 2. The summed E-state index contributed by atoms with van der Waals surface area (Å²) in [6.45, 7) is 0. The molecule has 0 spiro atoms. The lowest BCUT2D eigenvalue weighted by molar-refractivity contribution is -0.146. The summed E-state index contributed by atoms with van der Waals surface area (Å²) in [4.78, 5) is 30.0. The number of rotatable bonds is 5. The van der Waals surface area contributed by atoms with Crippen LogP contribution in [0.4, 0.5) is 5.13 Å². The second kappa shape index (κ2) is 8.41. The van der Waals surface area contributed by atoms with E-state index in [-0.39, 0.29) is 5.91 Å². The van der Waals surface area contributed by atoms with Crippen molar-refractivity contribution in [2.75, 3.05) is 5.32 Å². The van der Waals surface area contributed by atoms with Crippen molar-refractivity contribution in [1.29, 1.82) is 0 Å². The first-order chi connectivity index (χ1) is 14.1. The van der Waals surface area contributed by atoms with Crippen LogP contribution in [0.5, 0.6) is 0 Å². The lowest BCUT2D eigenvalue weighted by Crippen LogP contribution is -2.34. The highest BCUT2D eigenvalue weighted by atomic mass is 32.1. The van der Waals surface area contributed by atoms with Gasteiger partial charge in [0.05, 0.1) is 22.4 Å². The van der Waals surface area contributed by atoms with Crippen LogP contribution in [-0.4, -0.2) is 22.0 Å². The third-order valence-electron chi connectivity index (χ3n) is 5.03. The monoisotopic (exact) mass is 404 g/mol. The van der Waals surface area contributed by atoms with Gasteiger partial charge in [0.25, 0.3) is 0 Å². The van der Waals surface area contributed by atoms with Gasteiger partial charge in [-0.2, -0.15) is 0 Å². The maximum atomic E-state index is 12.8. The average Bonchev–Trinajstić information content (AvgIpc) is 3.18. The van der Waals surface area contributed by atoms with E-state index in [1.807, 2.05) is 72.8 Å². The Hall–Kier alpha value is -3.25. The minimum Gasteiger partial charge on any atom is -0.481 e. The molecule has 0 bridgehead atoms. The fourth-order valence-corrected chi connectivity index (χ4v) is 4.52. The summed E-state index contributed by atoms with van der Waals surface area (Å²) >= 11 is 1.40. The number of amides is 1. The van der Waals surface area contributed by atoms with Gasteiger partial charge in [0.2, 0.25) is 5.91 Å². The highest BCUT2D eigenvalue weighted by Crippen LogP contribution is 2.39. The number of aliphatic carboxylic acids is 1. The molecule has 0 radical (unpaired) electrons. The van der Waals surface area contributed by atoms with Crippen LogP contribution >= 0.6 is 11.3 Å². The molecular formula is C23H20N2O3S. The third kappa shape index (κ3) is 4.12. The zero-order chi connectivity index (χ0) is 20.2. The van der Waals surface area contributed by atoms with E-state index < -0.39 is 17.8 Å². The van der Waals surface area contributed by atoms with Crippen LogP contribution in [0.25, 0.3) is 21.7 Å². The van der Waals surface area contributed by atoms with E-state index in [1.54, 1.807) is 0 Å². The SMILES string of the molecule is O=C(O)[C@@H]1CC=CC[C@H]1C(=O)Nc1nc(-c2ccccc2)c(-c2ccccc2)s1. The van der Waals surface area contributed by atoms with Gasteiger partial charge >= 0.3 is 5.97 Å². The Labute approximate surface area is 172 Å². The van der Waals surface area contributed by atoms with E-state index in [1.165, 1.54) is 11.3 Å². The van der Waals surface area contributed by atoms with Gasteiger partial charge in [0, 0.05) is 5.56 Å². The molecule has 2 N–H and O–H groups in total. The van der Waals surface area contributed by atoms with Gasteiger partial charge in [-0.25, -0.2) is 4.98 Å². The zero-order valence-electron chi connectivity index (χ0n) is 15.6. The van der Waals surface area contributed by atoms with Crippen LogP contribution < -0.4 is 5.32 Å². The molecule has 0 unspecified atom stereocenters. The lowest BCUT2D eigenvalue weighted by Gasteiger charge is -2.23. The first-order valence-electron chi connectivity index (χ1n) is 9.44. The number of carbonyl (C=O) groups is 2. The second-order valence-electron chi connectivity index (χ2n) is 6.91. The number of nitrogens with one attached hydrogen (secondary N) is 1. The van der Waals surface area contributed by atoms with E-state index in [0.29, 0.717) is 18.0 Å². The summed E-state index contributed by atoms with van der Waals surface area (Å²) < 4.78 is 0. The standard InChI is InChI=1S/C23H20N2O3S/c26-21(17-13-7-8-14-18(17)22(27)28)25-23-24-19(15-9-3-1-4-10-15)20(29-23)16-11-5-2-6-12-16/h1-12,17-18H,13-14H2,(H,27,28)(H,24,25,26)/t17-,18-/m1/s1. The van der Waals surface area contributed by atoms with Gasteiger partial charge in [-0.05, 0) is 18.4 Å². The molecule has 5 nitrogen and oxygen atoms in total. The Morgan fingerprint density at radius 1 is 0.897 bits per heavy atom. The molecule has 0 aliphatic heterocycles. The number of nitrogens with zero attached hydrogens (tertiary/aromatic N) is 1. The third-order valence-corrected chi connectivity index (χ3v) is 6.05. The number of hydrogen-bond acceptors (Lipinski definition) is 4. The van der Waals surface area contributed by atoms with E-state index in [4.69, 9.17) is 0 Å². The molecule has 4 rings (SSSR count). The summed E-state index contributed by atoms with van der Waals surface area (Å²) in [6, 6.07) is 19.7. The lowest BCUT2D eigenvalue weighted by atomic mass is 9.82. The van der Waals surface area contributed by atoms with Crippen LogP contribution in [0, 0.1) is 11.8 Å². The second-order valence-corrected chi connectivity index (χ2v) is 7.91. The summed E-state index contributed by atoms with van der Waals surface area (Å²) in [7, 11) is 0. The van der Waals surface area contributed by atoms with Crippen LogP contribution in [-0.2, 0) is 9.59 Å². The number of thiazole rings is 1. The number of carbonyl (C=O) groups excluding carboxylic acids is 1. The summed E-state index contributed by atoms with van der Waals surface area (Å²) in [5.74, 6) is -2.54. The van der Waals surface area contributed by atoms with Crippen LogP contribution in [0.1, 0.15) is 12.8 Å². The molecule has 2 atom stereocenters. The van der Waals surface area contributed by atoms with E-state index >= 15 is 0 Å². The van der Waals surface area contributed by atoms with Crippen molar-refractivity contribution >= 4 is 28.3 Å². The maximum absolute atomic E-state index is 12.8. The van der Waals surface area contributed by atoms with Crippen molar-refractivity contribution in [3.05, 3.63) is 72.8 Å². The van der Waals surface area contributed by atoms with Gasteiger partial charge in [0.15, 0.2) is 5.13 Å². The molecule has 0 fully saturated rings. The first-order valence-corrected chi connectivity index (χ1v) is 10.3. The fraction of sp³-hybridized carbons (Fsp3) is 0.174. The summed E-state index contributed by atoms with van der Waals surface area (Å²) in [6.07, 6.45) is 4.49. The highest BCUT2D eigenvalue weighted by Gasteiger charge is 2.34. The number of anilines is 1. The van der Waals surface area contributed by atoms with E-state index in [0.717, 1.165) is 21.7 Å². The molecule has 2 aromatic carbocycles. The number of aromatic nitrogens is 1. The molecule has 29 heavy (non-hydrogen) atoms. The van der Waals surface area contributed by atoms with Gasteiger partial charge in [-0.1, -0.05) is 84.2 Å². The van der Waals surface area contributed by atoms with Crippen LogP contribution in [0.3, 0.4) is 0 Å². The largest absolute Gasteiger partial charge is 0.481 e. The molecule has 0 saturated carbocycles. The smallest absolute Gasteiger partial charge is 0.307 e. The number of allylic oxidation sites excluding steroid dienone is 2.